The van der Waals surface area contributed by atoms with Crippen molar-refractivity contribution in [3.05, 3.63) is 0 Å². The van der Waals surface area contributed by atoms with E-state index >= 15 is 0 Å². The van der Waals surface area contributed by atoms with Crippen LogP contribution in [-0.2, 0) is 9.53 Å². The zero-order valence-corrected chi connectivity index (χ0v) is 13.9. The van der Waals surface area contributed by atoms with E-state index in [1.165, 1.54) is 0 Å². The molecule has 1 aliphatic heterocycles. The minimum Gasteiger partial charge on any atom is -0.463 e. The number of hydrogen-bond donors (Lipinski definition) is 4. The lowest BCUT2D eigenvalue weighted by molar-refractivity contribution is -0.154. The summed E-state index contributed by atoms with van der Waals surface area (Å²) in [6.07, 6.45) is 0.266. The molecular formula is C16H31NO5. The van der Waals surface area contributed by atoms with Gasteiger partial charge in [0.15, 0.2) is 0 Å². The van der Waals surface area contributed by atoms with Crippen LogP contribution in [0.4, 0.5) is 0 Å². The Labute approximate surface area is 132 Å². The van der Waals surface area contributed by atoms with Crippen LogP contribution in [0.3, 0.4) is 0 Å². The third kappa shape index (κ3) is 6.60. The third-order valence-corrected chi connectivity index (χ3v) is 4.34. The summed E-state index contributed by atoms with van der Waals surface area (Å²) in [5, 5.41) is 33.2. The van der Waals surface area contributed by atoms with Gasteiger partial charge in [-0.05, 0) is 38.6 Å². The smallest absolute Gasteiger partial charge is 0.308 e. The van der Waals surface area contributed by atoms with Gasteiger partial charge in [0.2, 0.25) is 0 Å². The summed E-state index contributed by atoms with van der Waals surface area (Å²) in [5.41, 5.74) is 0. The highest BCUT2D eigenvalue weighted by Gasteiger charge is 2.26. The molecule has 0 bridgehead atoms. The number of carbonyl (C=O) groups is 1. The molecular weight excluding hydrogens is 286 g/mol. The third-order valence-electron chi connectivity index (χ3n) is 4.34. The fraction of sp³-hybridized carbons (Fsp3) is 0.938. The number of hydrogen-bond acceptors (Lipinski definition) is 6. The summed E-state index contributed by atoms with van der Waals surface area (Å²) < 4.78 is 5.07. The number of ether oxygens (including phenoxy) is 1. The zero-order chi connectivity index (χ0) is 16.7. The van der Waals surface area contributed by atoms with Crippen LogP contribution in [0.2, 0.25) is 0 Å². The Bertz CT molecular complexity index is 338. The van der Waals surface area contributed by atoms with E-state index in [-0.39, 0.29) is 36.6 Å². The van der Waals surface area contributed by atoms with Gasteiger partial charge in [0, 0.05) is 6.04 Å². The molecule has 0 radical (unpaired) electrons. The lowest BCUT2D eigenvalue weighted by atomic mass is 9.97. The first-order chi connectivity index (χ1) is 10.3. The predicted molar refractivity (Wildman–Crippen MR) is 83.2 cm³/mol. The van der Waals surface area contributed by atoms with Gasteiger partial charge in [-0.3, -0.25) is 4.79 Å². The van der Waals surface area contributed by atoms with Crippen LogP contribution in [0, 0.1) is 11.8 Å². The van der Waals surface area contributed by atoms with Crippen molar-refractivity contribution in [1.82, 2.24) is 5.32 Å². The quantitative estimate of drug-likeness (QED) is 0.484. The van der Waals surface area contributed by atoms with E-state index < -0.39 is 12.2 Å². The van der Waals surface area contributed by atoms with Crippen molar-refractivity contribution in [3.63, 3.8) is 0 Å². The van der Waals surface area contributed by atoms with Crippen LogP contribution in [0.15, 0.2) is 0 Å². The highest BCUT2D eigenvalue weighted by Crippen LogP contribution is 2.16. The second kappa shape index (κ2) is 9.45. The fourth-order valence-electron chi connectivity index (χ4n) is 2.69. The Balaban J connectivity index is 2.67. The Kier molecular flexibility index (Phi) is 8.31. The van der Waals surface area contributed by atoms with E-state index in [2.05, 4.69) is 5.32 Å². The number of rotatable bonds is 0. The number of aliphatic hydroxyl groups excluding tert-OH is 3. The van der Waals surface area contributed by atoms with Crippen molar-refractivity contribution >= 4 is 5.97 Å². The summed E-state index contributed by atoms with van der Waals surface area (Å²) in [4.78, 5) is 11.8. The van der Waals surface area contributed by atoms with E-state index in [9.17, 15) is 20.1 Å². The number of aliphatic hydroxyl groups is 3. The second-order valence-corrected chi connectivity index (χ2v) is 6.71. The molecule has 1 saturated heterocycles. The SMILES string of the molecule is CC1CCCC(O)C[C@@H](C)CNC(C)C(O)C(O)COC1=O. The molecule has 6 atom stereocenters. The van der Waals surface area contributed by atoms with E-state index in [0.717, 1.165) is 6.42 Å². The van der Waals surface area contributed by atoms with Crippen molar-refractivity contribution in [3.8, 4) is 0 Å². The molecule has 130 valence electrons. The van der Waals surface area contributed by atoms with Crippen LogP contribution in [0.5, 0.6) is 0 Å². The van der Waals surface area contributed by atoms with Crippen LogP contribution >= 0.6 is 0 Å². The molecule has 5 unspecified atom stereocenters. The van der Waals surface area contributed by atoms with Gasteiger partial charge in [0.05, 0.1) is 18.1 Å². The molecule has 0 aliphatic carbocycles. The van der Waals surface area contributed by atoms with Crippen LogP contribution < -0.4 is 5.32 Å². The Morgan fingerprint density at radius 2 is 1.82 bits per heavy atom. The molecule has 4 N–H and O–H groups in total. The number of carbonyl (C=O) groups excluding carboxylic acids is 1. The van der Waals surface area contributed by atoms with E-state index in [1.54, 1.807) is 13.8 Å². The maximum Gasteiger partial charge on any atom is 0.308 e. The normalized spacial score (nSPS) is 40.4. The van der Waals surface area contributed by atoms with Crippen molar-refractivity contribution in [2.45, 2.75) is 70.8 Å². The number of esters is 1. The highest BCUT2D eigenvalue weighted by molar-refractivity contribution is 5.71. The molecule has 6 heteroatoms. The molecule has 0 saturated carbocycles. The standard InChI is InChI=1S/C16H31NO5/c1-10-7-13(18)6-4-5-11(2)16(21)22-9-14(19)15(20)12(3)17-8-10/h10-15,17-20H,4-9H2,1-3H3/t10-,11?,12?,13?,14?,15?/m1/s1. The Hall–Kier alpha value is -0.690. The minimum atomic E-state index is -1.11. The van der Waals surface area contributed by atoms with Crippen molar-refractivity contribution < 1.29 is 24.9 Å². The Morgan fingerprint density at radius 3 is 2.50 bits per heavy atom. The lowest BCUT2D eigenvalue weighted by Gasteiger charge is -2.26. The molecule has 1 heterocycles. The van der Waals surface area contributed by atoms with E-state index in [4.69, 9.17) is 4.74 Å². The molecule has 1 fully saturated rings. The molecule has 0 spiro atoms. The monoisotopic (exact) mass is 317 g/mol. The van der Waals surface area contributed by atoms with Crippen molar-refractivity contribution in [2.24, 2.45) is 11.8 Å². The first-order valence-electron chi connectivity index (χ1n) is 8.25. The van der Waals surface area contributed by atoms with Gasteiger partial charge in [-0.25, -0.2) is 0 Å². The highest BCUT2D eigenvalue weighted by atomic mass is 16.5. The molecule has 22 heavy (non-hydrogen) atoms. The molecule has 0 aromatic heterocycles. The van der Waals surface area contributed by atoms with Crippen LogP contribution in [0.1, 0.15) is 46.5 Å². The first kappa shape index (κ1) is 19.4. The minimum absolute atomic E-state index is 0.200. The van der Waals surface area contributed by atoms with Crippen molar-refractivity contribution in [1.29, 1.82) is 0 Å². The lowest BCUT2D eigenvalue weighted by Crippen LogP contribution is -2.47. The summed E-state index contributed by atoms with van der Waals surface area (Å²) in [6.45, 7) is 6.05. The molecule has 0 aromatic carbocycles. The maximum absolute atomic E-state index is 11.8. The molecule has 1 aliphatic rings. The average Bonchev–Trinajstić information content (AvgIpc) is 2.48. The largest absolute Gasteiger partial charge is 0.463 e. The molecule has 6 nitrogen and oxygen atoms in total. The Morgan fingerprint density at radius 1 is 1.14 bits per heavy atom. The molecule has 0 amide bonds. The van der Waals surface area contributed by atoms with Gasteiger partial charge < -0.3 is 25.4 Å². The summed E-state index contributed by atoms with van der Waals surface area (Å²) in [5.74, 6) is -0.374. The summed E-state index contributed by atoms with van der Waals surface area (Å²) in [6, 6.07) is -0.323. The topological polar surface area (TPSA) is 99.0 Å². The van der Waals surface area contributed by atoms with Crippen LogP contribution in [-0.4, -0.2) is 58.8 Å². The second-order valence-electron chi connectivity index (χ2n) is 6.71. The average molecular weight is 317 g/mol. The predicted octanol–water partition coefficient (Wildman–Crippen LogP) is 0.437. The zero-order valence-electron chi connectivity index (χ0n) is 13.9. The fourth-order valence-corrected chi connectivity index (χ4v) is 2.69. The van der Waals surface area contributed by atoms with E-state index in [0.29, 0.717) is 25.8 Å². The number of cyclic esters (lactones) is 1. The van der Waals surface area contributed by atoms with Gasteiger partial charge in [-0.15, -0.1) is 0 Å². The van der Waals surface area contributed by atoms with Gasteiger partial charge in [0.1, 0.15) is 12.7 Å². The van der Waals surface area contributed by atoms with Gasteiger partial charge >= 0.3 is 5.97 Å². The van der Waals surface area contributed by atoms with Gasteiger partial charge in [-0.1, -0.05) is 20.3 Å². The van der Waals surface area contributed by atoms with E-state index in [1.807, 2.05) is 6.92 Å². The number of nitrogens with one attached hydrogen (secondary N) is 1. The first-order valence-corrected chi connectivity index (χ1v) is 8.25. The summed E-state index contributed by atoms with van der Waals surface area (Å²) in [7, 11) is 0. The van der Waals surface area contributed by atoms with Crippen LogP contribution in [0.25, 0.3) is 0 Å². The molecule has 1 rings (SSSR count). The molecule has 0 aromatic rings. The van der Waals surface area contributed by atoms with Gasteiger partial charge in [-0.2, -0.15) is 0 Å². The van der Waals surface area contributed by atoms with Gasteiger partial charge in [0.25, 0.3) is 0 Å². The summed E-state index contributed by atoms with van der Waals surface area (Å²) >= 11 is 0. The van der Waals surface area contributed by atoms with Crippen molar-refractivity contribution in [2.75, 3.05) is 13.2 Å². The maximum atomic E-state index is 11.8.